The Balaban J connectivity index is 1.75. The molecule has 0 radical (unpaired) electrons. The molecule has 0 fully saturated rings. The Kier molecular flexibility index (Phi) is 3.55. The van der Waals surface area contributed by atoms with Crippen LogP contribution in [0.3, 0.4) is 0 Å². The van der Waals surface area contributed by atoms with E-state index in [9.17, 15) is 4.79 Å². The largest absolute Gasteiger partial charge is 0.467 e. The van der Waals surface area contributed by atoms with Crippen molar-refractivity contribution in [1.82, 2.24) is 10.3 Å². The van der Waals surface area contributed by atoms with Gasteiger partial charge in [0.2, 0.25) is 0 Å². The SMILES string of the molecule is Cc1ccc(NC(=O)NCc2ccco2)c2cccnc12. The summed E-state index contributed by atoms with van der Waals surface area (Å²) in [6.45, 7) is 2.34. The molecule has 0 saturated carbocycles. The van der Waals surface area contributed by atoms with Crippen molar-refractivity contribution in [3.05, 3.63) is 60.2 Å². The standard InChI is InChI=1S/C16H15N3O2/c1-11-6-7-14(13-5-2-8-17-15(11)13)19-16(20)18-10-12-4-3-9-21-12/h2-9H,10H2,1H3,(H2,18,19,20). The second kappa shape index (κ2) is 5.66. The molecule has 1 aromatic carbocycles. The number of hydrogen-bond donors (Lipinski definition) is 2. The van der Waals surface area contributed by atoms with Crippen LogP contribution < -0.4 is 10.6 Å². The fourth-order valence-corrected chi connectivity index (χ4v) is 2.17. The van der Waals surface area contributed by atoms with Crippen molar-refractivity contribution in [2.45, 2.75) is 13.5 Å². The molecule has 0 atom stereocenters. The van der Waals surface area contributed by atoms with Gasteiger partial charge < -0.3 is 15.1 Å². The fourth-order valence-electron chi connectivity index (χ4n) is 2.17. The van der Waals surface area contributed by atoms with Crippen LogP contribution in [-0.4, -0.2) is 11.0 Å². The second-order valence-electron chi connectivity index (χ2n) is 4.72. The van der Waals surface area contributed by atoms with Gasteiger partial charge in [0.05, 0.1) is 24.0 Å². The Morgan fingerprint density at radius 3 is 2.95 bits per heavy atom. The predicted molar refractivity (Wildman–Crippen MR) is 81.0 cm³/mol. The Hall–Kier alpha value is -2.82. The number of carbonyl (C=O) groups is 1. The van der Waals surface area contributed by atoms with Gasteiger partial charge in [-0.15, -0.1) is 0 Å². The number of nitrogens with zero attached hydrogens (tertiary/aromatic N) is 1. The van der Waals surface area contributed by atoms with Gasteiger partial charge in [-0.2, -0.15) is 0 Å². The first-order chi connectivity index (χ1) is 10.2. The van der Waals surface area contributed by atoms with E-state index >= 15 is 0 Å². The van der Waals surface area contributed by atoms with E-state index < -0.39 is 0 Å². The number of nitrogens with one attached hydrogen (secondary N) is 2. The number of benzene rings is 1. The number of rotatable bonds is 3. The number of aryl methyl sites for hydroxylation is 1. The Bertz CT molecular complexity index is 766. The lowest BCUT2D eigenvalue weighted by Gasteiger charge is -2.10. The molecule has 0 bridgehead atoms. The lowest BCUT2D eigenvalue weighted by atomic mass is 10.1. The third-order valence-corrected chi connectivity index (χ3v) is 3.22. The molecule has 0 aliphatic rings. The van der Waals surface area contributed by atoms with Gasteiger partial charge in [-0.1, -0.05) is 6.07 Å². The van der Waals surface area contributed by atoms with Crippen LogP contribution in [0.2, 0.25) is 0 Å². The van der Waals surface area contributed by atoms with Crippen molar-refractivity contribution >= 4 is 22.6 Å². The number of urea groups is 1. The van der Waals surface area contributed by atoms with Gasteiger partial charge in [-0.3, -0.25) is 4.98 Å². The number of amides is 2. The predicted octanol–water partition coefficient (Wildman–Crippen LogP) is 3.46. The summed E-state index contributed by atoms with van der Waals surface area (Å²) < 4.78 is 5.17. The maximum absolute atomic E-state index is 12.0. The van der Waals surface area contributed by atoms with Gasteiger partial charge in [0.1, 0.15) is 5.76 Å². The zero-order chi connectivity index (χ0) is 14.7. The summed E-state index contributed by atoms with van der Waals surface area (Å²) in [6, 6.07) is 10.9. The maximum atomic E-state index is 12.0. The summed E-state index contributed by atoms with van der Waals surface area (Å²) in [5, 5.41) is 6.51. The van der Waals surface area contributed by atoms with Crippen molar-refractivity contribution in [2.75, 3.05) is 5.32 Å². The van der Waals surface area contributed by atoms with Crippen LogP contribution in [0.15, 0.2) is 53.3 Å². The first-order valence-corrected chi connectivity index (χ1v) is 6.65. The first kappa shape index (κ1) is 13.2. The zero-order valence-corrected chi connectivity index (χ0v) is 11.6. The molecule has 0 saturated heterocycles. The number of anilines is 1. The number of fused-ring (bicyclic) bond motifs is 1. The minimum absolute atomic E-state index is 0.277. The number of pyridine rings is 1. The zero-order valence-electron chi connectivity index (χ0n) is 11.6. The van der Waals surface area contributed by atoms with E-state index in [1.807, 2.05) is 37.3 Å². The normalized spacial score (nSPS) is 10.5. The summed E-state index contributed by atoms with van der Waals surface area (Å²) in [5.41, 5.74) is 2.70. The molecule has 5 heteroatoms. The van der Waals surface area contributed by atoms with E-state index in [-0.39, 0.29) is 6.03 Å². The molecule has 106 valence electrons. The summed E-state index contributed by atoms with van der Waals surface area (Å²) in [4.78, 5) is 16.3. The van der Waals surface area contributed by atoms with Crippen LogP contribution in [0.1, 0.15) is 11.3 Å². The summed E-state index contributed by atoms with van der Waals surface area (Å²) in [6.07, 6.45) is 3.32. The van der Waals surface area contributed by atoms with Gasteiger partial charge in [-0.05, 0) is 42.8 Å². The minimum atomic E-state index is -0.277. The van der Waals surface area contributed by atoms with E-state index in [0.717, 1.165) is 22.2 Å². The van der Waals surface area contributed by atoms with Crippen molar-refractivity contribution in [1.29, 1.82) is 0 Å². The van der Waals surface area contributed by atoms with E-state index in [4.69, 9.17) is 4.42 Å². The highest BCUT2D eigenvalue weighted by Gasteiger charge is 2.08. The van der Waals surface area contributed by atoms with Crippen molar-refractivity contribution in [3.8, 4) is 0 Å². The molecule has 0 unspecified atom stereocenters. The van der Waals surface area contributed by atoms with Crippen LogP contribution in [0.25, 0.3) is 10.9 Å². The Morgan fingerprint density at radius 2 is 2.14 bits per heavy atom. The molecule has 5 nitrogen and oxygen atoms in total. The van der Waals surface area contributed by atoms with Crippen LogP contribution in [0, 0.1) is 6.92 Å². The van der Waals surface area contributed by atoms with Crippen LogP contribution >= 0.6 is 0 Å². The molecular formula is C16H15N3O2. The fraction of sp³-hybridized carbons (Fsp3) is 0.125. The van der Waals surface area contributed by atoms with Gasteiger partial charge >= 0.3 is 6.03 Å². The van der Waals surface area contributed by atoms with Crippen LogP contribution in [0.4, 0.5) is 10.5 Å². The van der Waals surface area contributed by atoms with Gasteiger partial charge in [0.25, 0.3) is 0 Å². The van der Waals surface area contributed by atoms with E-state index in [0.29, 0.717) is 12.3 Å². The second-order valence-corrected chi connectivity index (χ2v) is 4.72. The summed E-state index contributed by atoms with van der Waals surface area (Å²) >= 11 is 0. The molecule has 3 aromatic rings. The number of furan rings is 1. The maximum Gasteiger partial charge on any atom is 0.319 e. The molecule has 2 amide bonds. The van der Waals surface area contributed by atoms with Crippen LogP contribution in [0.5, 0.6) is 0 Å². The van der Waals surface area contributed by atoms with E-state index in [2.05, 4.69) is 15.6 Å². The highest BCUT2D eigenvalue weighted by Crippen LogP contribution is 2.24. The van der Waals surface area contributed by atoms with E-state index in [1.54, 1.807) is 18.5 Å². The molecule has 0 aliphatic heterocycles. The van der Waals surface area contributed by atoms with Gasteiger partial charge in [0, 0.05) is 11.6 Å². The summed E-state index contributed by atoms with van der Waals surface area (Å²) in [5.74, 6) is 0.709. The third kappa shape index (κ3) is 2.86. The van der Waals surface area contributed by atoms with E-state index in [1.165, 1.54) is 0 Å². The Morgan fingerprint density at radius 1 is 1.24 bits per heavy atom. The van der Waals surface area contributed by atoms with Gasteiger partial charge in [0.15, 0.2) is 0 Å². The smallest absolute Gasteiger partial charge is 0.319 e. The quantitative estimate of drug-likeness (QED) is 0.772. The molecular weight excluding hydrogens is 266 g/mol. The summed E-state index contributed by atoms with van der Waals surface area (Å²) in [7, 11) is 0. The first-order valence-electron chi connectivity index (χ1n) is 6.65. The third-order valence-electron chi connectivity index (χ3n) is 3.22. The molecule has 2 aromatic heterocycles. The lowest BCUT2D eigenvalue weighted by molar-refractivity contribution is 0.251. The average molecular weight is 281 g/mol. The molecule has 2 N–H and O–H groups in total. The van der Waals surface area contributed by atoms with Gasteiger partial charge in [-0.25, -0.2) is 4.79 Å². The Labute approximate surface area is 122 Å². The van der Waals surface area contributed by atoms with Crippen molar-refractivity contribution in [3.63, 3.8) is 0 Å². The molecule has 0 spiro atoms. The number of aromatic nitrogens is 1. The molecule has 2 heterocycles. The average Bonchev–Trinajstić information content (AvgIpc) is 3.02. The van der Waals surface area contributed by atoms with Crippen molar-refractivity contribution < 1.29 is 9.21 Å². The molecule has 21 heavy (non-hydrogen) atoms. The van der Waals surface area contributed by atoms with Crippen LogP contribution in [-0.2, 0) is 6.54 Å². The molecule has 3 rings (SSSR count). The van der Waals surface area contributed by atoms with Crippen molar-refractivity contribution in [2.24, 2.45) is 0 Å². The number of carbonyl (C=O) groups excluding carboxylic acids is 1. The monoisotopic (exact) mass is 281 g/mol. The lowest BCUT2D eigenvalue weighted by Crippen LogP contribution is -2.28. The molecule has 0 aliphatic carbocycles. The highest BCUT2D eigenvalue weighted by atomic mass is 16.3. The topological polar surface area (TPSA) is 67.2 Å². The highest BCUT2D eigenvalue weighted by molar-refractivity contribution is 6.01. The minimum Gasteiger partial charge on any atom is -0.467 e. The number of hydrogen-bond acceptors (Lipinski definition) is 3.